The third kappa shape index (κ3) is 3.89. The molecule has 8 heteroatoms. The number of hydrogen-bond donors (Lipinski definition) is 0. The first-order valence-electron chi connectivity index (χ1n) is 3.33. The van der Waals surface area contributed by atoms with E-state index in [2.05, 4.69) is 0 Å². The van der Waals surface area contributed by atoms with Crippen molar-refractivity contribution in [3.63, 3.8) is 0 Å². The van der Waals surface area contributed by atoms with Gasteiger partial charge in [-0.05, 0) is 24.3 Å². The molecule has 0 spiro atoms. The highest BCUT2D eigenvalue weighted by Crippen LogP contribution is 2.30. The zero-order chi connectivity index (χ0) is 11.0. The Morgan fingerprint density at radius 2 is 1.47 bits per heavy atom. The molecule has 0 unspecified atom stereocenters. The Kier molecular flexibility index (Phi) is 4.45. The Balaban J connectivity index is 0.00000196. The Labute approximate surface area is 94.9 Å². The molecule has 0 aromatic heterocycles. The third-order valence-corrected chi connectivity index (χ3v) is 2.83. The van der Waals surface area contributed by atoms with E-state index in [1.54, 1.807) is 0 Å². The average Bonchev–Trinajstić information content (AvgIpc) is 2.01. The summed E-state index contributed by atoms with van der Waals surface area (Å²) in [5, 5.41) is 0. The molecule has 0 N–H and O–H groups in total. The van der Waals surface area contributed by atoms with Crippen LogP contribution in [0.1, 0.15) is 5.56 Å². The van der Waals surface area contributed by atoms with Crippen molar-refractivity contribution in [3.05, 3.63) is 29.8 Å². The summed E-state index contributed by atoms with van der Waals surface area (Å²) in [6.07, 6.45) is -4.48. The van der Waals surface area contributed by atoms with Gasteiger partial charge in [-0.2, -0.15) is 13.2 Å². The van der Waals surface area contributed by atoms with Crippen molar-refractivity contribution in [2.24, 2.45) is 0 Å². The number of hydrogen-bond acceptors (Lipinski definition) is 2. The van der Waals surface area contributed by atoms with Crippen LogP contribution in [0.2, 0.25) is 0 Å². The van der Waals surface area contributed by atoms with Gasteiger partial charge in [0.05, 0.1) is 10.5 Å². The van der Waals surface area contributed by atoms with Crippen LogP contribution in [-0.2, 0) is 15.2 Å². The quantitative estimate of drug-likeness (QED) is 0.658. The molecule has 1 aromatic carbocycles. The lowest BCUT2D eigenvalue weighted by molar-refractivity contribution is -0.137. The Bertz CT molecular complexity index is 425. The van der Waals surface area contributed by atoms with E-state index in [4.69, 9.17) is 10.7 Å². The molecule has 0 aliphatic rings. The zero-order valence-electron chi connectivity index (χ0n) is 6.92. The van der Waals surface area contributed by atoms with Crippen LogP contribution in [0.25, 0.3) is 0 Å². The molecule has 0 aliphatic carbocycles. The second kappa shape index (κ2) is 4.59. The highest BCUT2D eigenvalue weighted by Gasteiger charge is 2.30. The van der Waals surface area contributed by atoms with Crippen molar-refractivity contribution in [2.75, 3.05) is 0 Å². The minimum atomic E-state index is -4.48. The topological polar surface area (TPSA) is 34.1 Å². The summed E-state index contributed by atoms with van der Waals surface area (Å²) in [5.41, 5.74) is -0.915. The summed E-state index contributed by atoms with van der Waals surface area (Å²) in [7, 11) is 0.956. The van der Waals surface area contributed by atoms with Gasteiger partial charge in [-0.3, -0.25) is 0 Å². The van der Waals surface area contributed by atoms with Crippen LogP contribution >= 0.6 is 10.7 Å². The standard InChI is InChI=1S/C7H4ClF3O2S.ClH/c8-14(12,13)6-3-1-5(2-4-6)7(9,10)11;/h1-4H;1H/p-1. The SMILES string of the molecule is O=S(=O)(Cl)c1ccc(C(F)(F)F)cc1.[Cl-]. The van der Waals surface area contributed by atoms with E-state index in [1.807, 2.05) is 0 Å². The van der Waals surface area contributed by atoms with Crippen LogP contribution in [-0.4, -0.2) is 8.42 Å². The van der Waals surface area contributed by atoms with E-state index in [0.717, 1.165) is 12.1 Å². The molecular weight excluding hydrogens is 276 g/mol. The van der Waals surface area contributed by atoms with Crippen molar-refractivity contribution in [1.82, 2.24) is 0 Å². The molecule has 15 heavy (non-hydrogen) atoms. The minimum Gasteiger partial charge on any atom is -1.00 e. The van der Waals surface area contributed by atoms with E-state index in [0.29, 0.717) is 12.1 Å². The molecule has 1 aromatic rings. The van der Waals surface area contributed by atoms with Gasteiger partial charge < -0.3 is 12.4 Å². The summed E-state index contributed by atoms with van der Waals surface area (Å²) in [5.74, 6) is 0. The van der Waals surface area contributed by atoms with E-state index in [1.165, 1.54) is 0 Å². The van der Waals surface area contributed by atoms with Crippen molar-refractivity contribution in [3.8, 4) is 0 Å². The van der Waals surface area contributed by atoms with E-state index in [9.17, 15) is 21.6 Å². The molecular formula is C7H4Cl2F3O2S-. The zero-order valence-corrected chi connectivity index (χ0v) is 9.25. The van der Waals surface area contributed by atoms with Crippen molar-refractivity contribution in [1.29, 1.82) is 0 Å². The second-order valence-electron chi connectivity index (χ2n) is 2.46. The lowest BCUT2D eigenvalue weighted by Gasteiger charge is -2.05. The smallest absolute Gasteiger partial charge is 0.416 e. The molecule has 0 radical (unpaired) electrons. The summed E-state index contributed by atoms with van der Waals surface area (Å²) >= 11 is 0. The van der Waals surface area contributed by atoms with Crippen molar-refractivity contribution in [2.45, 2.75) is 11.1 Å². The van der Waals surface area contributed by atoms with Gasteiger partial charge in [-0.25, -0.2) is 8.42 Å². The van der Waals surface area contributed by atoms with Crippen LogP contribution in [0.4, 0.5) is 13.2 Å². The minimum absolute atomic E-state index is 0. The van der Waals surface area contributed by atoms with Gasteiger partial charge >= 0.3 is 6.18 Å². The molecule has 0 heterocycles. The first-order valence-corrected chi connectivity index (χ1v) is 5.64. The Hall–Kier alpha value is -0.460. The fraction of sp³-hybridized carbons (Fsp3) is 0.143. The lowest BCUT2D eigenvalue weighted by atomic mass is 10.2. The monoisotopic (exact) mass is 279 g/mol. The number of rotatable bonds is 1. The molecule has 2 nitrogen and oxygen atoms in total. The van der Waals surface area contributed by atoms with Gasteiger partial charge in [0.25, 0.3) is 9.05 Å². The van der Waals surface area contributed by atoms with Gasteiger partial charge in [0.1, 0.15) is 0 Å². The van der Waals surface area contributed by atoms with Gasteiger partial charge in [0, 0.05) is 10.7 Å². The Morgan fingerprint density at radius 3 is 1.73 bits per heavy atom. The molecule has 0 saturated heterocycles. The van der Waals surface area contributed by atoms with Crippen molar-refractivity contribution >= 4 is 19.7 Å². The summed E-state index contributed by atoms with van der Waals surface area (Å²) in [4.78, 5) is -0.354. The number of benzene rings is 1. The molecule has 0 fully saturated rings. The highest BCUT2D eigenvalue weighted by atomic mass is 35.7. The predicted octanol–water partition coefficient (Wildman–Crippen LogP) is -0.363. The molecule has 0 saturated carbocycles. The van der Waals surface area contributed by atoms with Crippen LogP contribution < -0.4 is 12.4 Å². The first kappa shape index (κ1) is 14.5. The summed E-state index contributed by atoms with van der Waals surface area (Å²) in [6.45, 7) is 0. The number of halogens is 5. The van der Waals surface area contributed by atoms with Crippen LogP contribution in [0.15, 0.2) is 29.2 Å². The van der Waals surface area contributed by atoms with Gasteiger partial charge in [0.15, 0.2) is 0 Å². The maximum atomic E-state index is 12.0. The number of alkyl halides is 3. The molecule has 0 amide bonds. The third-order valence-electron chi connectivity index (χ3n) is 1.46. The maximum absolute atomic E-state index is 12.0. The maximum Gasteiger partial charge on any atom is 0.416 e. The molecule has 86 valence electrons. The molecule has 0 aliphatic heterocycles. The van der Waals surface area contributed by atoms with Crippen molar-refractivity contribution < 1.29 is 34.0 Å². The first-order chi connectivity index (χ1) is 6.21. The molecule has 0 bridgehead atoms. The van der Waals surface area contributed by atoms with E-state index >= 15 is 0 Å². The fourth-order valence-electron chi connectivity index (χ4n) is 0.806. The van der Waals surface area contributed by atoms with E-state index < -0.39 is 20.8 Å². The van der Waals surface area contributed by atoms with Gasteiger partial charge in [-0.1, -0.05) is 0 Å². The summed E-state index contributed by atoms with van der Waals surface area (Å²) < 4.78 is 57.5. The van der Waals surface area contributed by atoms with Crippen LogP contribution in [0, 0.1) is 0 Å². The molecule has 1 rings (SSSR count). The largest absolute Gasteiger partial charge is 1.00 e. The van der Waals surface area contributed by atoms with Gasteiger partial charge in [0.2, 0.25) is 0 Å². The van der Waals surface area contributed by atoms with Crippen LogP contribution in [0.3, 0.4) is 0 Å². The normalized spacial score (nSPS) is 12.0. The van der Waals surface area contributed by atoms with E-state index in [-0.39, 0.29) is 17.3 Å². The predicted molar refractivity (Wildman–Crippen MR) is 44.5 cm³/mol. The van der Waals surface area contributed by atoms with Gasteiger partial charge in [-0.15, -0.1) is 0 Å². The second-order valence-corrected chi connectivity index (χ2v) is 5.03. The lowest BCUT2D eigenvalue weighted by Crippen LogP contribution is -3.00. The average molecular weight is 280 g/mol. The Morgan fingerprint density at radius 1 is 1.07 bits per heavy atom. The van der Waals surface area contributed by atoms with Crippen LogP contribution in [0.5, 0.6) is 0 Å². The summed E-state index contributed by atoms with van der Waals surface area (Å²) in [6, 6.07) is 2.95. The fourth-order valence-corrected chi connectivity index (χ4v) is 1.58. The molecule has 0 atom stereocenters. The highest BCUT2D eigenvalue weighted by molar-refractivity contribution is 8.13.